The van der Waals surface area contributed by atoms with Gasteiger partial charge in [-0.3, -0.25) is 0 Å². The Hall–Kier alpha value is -1.11. The Labute approximate surface area is 125 Å². The summed E-state index contributed by atoms with van der Waals surface area (Å²) < 4.78 is 42.6. The number of nitrogens with one attached hydrogen (secondary N) is 1. The summed E-state index contributed by atoms with van der Waals surface area (Å²) in [5.74, 6) is 0. The molecule has 0 atom stereocenters. The smallest absolute Gasteiger partial charge is 0.367 e. The summed E-state index contributed by atoms with van der Waals surface area (Å²) in [6.45, 7) is 3.48. The van der Waals surface area contributed by atoms with Gasteiger partial charge >= 0.3 is 6.18 Å². The van der Waals surface area contributed by atoms with Gasteiger partial charge in [0.2, 0.25) is 0 Å². The van der Waals surface area contributed by atoms with Crippen LogP contribution in [0.1, 0.15) is 24.3 Å². The number of alkyl halides is 3. The van der Waals surface area contributed by atoms with Crippen LogP contribution in [0.2, 0.25) is 0 Å². The minimum absolute atomic E-state index is 0.0152. The molecule has 1 aromatic carbocycles. The average molecular weight is 317 g/mol. The first kappa shape index (κ1) is 16.3. The predicted octanol–water partition coefficient (Wildman–Crippen LogP) is 4.48. The van der Waals surface area contributed by atoms with Crippen molar-refractivity contribution in [3.63, 3.8) is 0 Å². The van der Waals surface area contributed by atoms with Crippen molar-refractivity contribution in [3.05, 3.63) is 34.7 Å². The van der Waals surface area contributed by atoms with Gasteiger partial charge in [0.1, 0.15) is 6.61 Å². The molecule has 2 aromatic rings. The fourth-order valence-electron chi connectivity index (χ4n) is 2.02. The van der Waals surface area contributed by atoms with E-state index in [0.717, 1.165) is 20.5 Å². The van der Waals surface area contributed by atoms with Crippen molar-refractivity contribution in [1.29, 1.82) is 0 Å². The average Bonchev–Trinajstić information content (AvgIpc) is 2.73. The van der Waals surface area contributed by atoms with Gasteiger partial charge < -0.3 is 10.1 Å². The number of halogens is 3. The van der Waals surface area contributed by atoms with Crippen molar-refractivity contribution in [2.24, 2.45) is 0 Å². The number of fused-ring (bicyclic) bond motifs is 1. The molecule has 0 saturated heterocycles. The van der Waals surface area contributed by atoms with Crippen LogP contribution in [0, 0.1) is 0 Å². The van der Waals surface area contributed by atoms with Crippen molar-refractivity contribution in [2.75, 3.05) is 6.61 Å². The topological polar surface area (TPSA) is 21.3 Å². The molecule has 0 spiro atoms. The number of ether oxygens (including phenoxy) is 1. The van der Waals surface area contributed by atoms with Gasteiger partial charge in [-0.1, -0.05) is 32.0 Å². The molecule has 0 unspecified atom stereocenters. The van der Waals surface area contributed by atoms with E-state index in [4.69, 9.17) is 4.74 Å². The molecule has 2 nitrogen and oxygen atoms in total. The molecule has 0 saturated carbocycles. The van der Waals surface area contributed by atoms with E-state index in [-0.39, 0.29) is 6.61 Å². The van der Waals surface area contributed by atoms with Crippen LogP contribution in [0.5, 0.6) is 0 Å². The summed E-state index contributed by atoms with van der Waals surface area (Å²) in [4.78, 5) is 1.03. The second-order valence-electron chi connectivity index (χ2n) is 5.14. The molecule has 1 aromatic heterocycles. The Bertz CT molecular complexity index is 592. The van der Waals surface area contributed by atoms with Crippen molar-refractivity contribution in [2.45, 2.75) is 39.2 Å². The Morgan fingerprint density at radius 3 is 2.62 bits per heavy atom. The van der Waals surface area contributed by atoms with E-state index < -0.39 is 12.8 Å². The van der Waals surface area contributed by atoms with Crippen LogP contribution in [0.4, 0.5) is 13.2 Å². The Balaban J connectivity index is 2.19. The molecule has 0 fully saturated rings. The first-order valence-electron chi connectivity index (χ1n) is 6.74. The van der Waals surface area contributed by atoms with Crippen molar-refractivity contribution in [1.82, 2.24) is 5.32 Å². The van der Waals surface area contributed by atoms with Gasteiger partial charge in [0.15, 0.2) is 0 Å². The lowest BCUT2D eigenvalue weighted by Crippen LogP contribution is -2.22. The van der Waals surface area contributed by atoms with Crippen molar-refractivity contribution < 1.29 is 17.9 Å². The number of thiophene rings is 1. The maximum Gasteiger partial charge on any atom is 0.411 e. The van der Waals surface area contributed by atoms with Crippen LogP contribution >= 0.6 is 11.3 Å². The van der Waals surface area contributed by atoms with E-state index in [1.54, 1.807) is 11.3 Å². The highest BCUT2D eigenvalue weighted by Gasteiger charge is 2.27. The molecule has 116 valence electrons. The third-order valence-corrected chi connectivity index (χ3v) is 4.18. The van der Waals surface area contributed by atoms with Gasteiger partial charge in [0.25, 0.3) is 0 Å². The molecule has 21 heavy (non-hydrogen) atoms. The molecular weight excluding hydrogens is 299 g/mol. The highest BCUT2D eigenvalue weighted by Crippen LogP contribution is 2.32. The third-order valence-electron chi connectivity index (χ3n) is 2.96. The second kappa shape index (κ2) is 6.77. The molecule has 1 N–H and O–H groups in total. The molecule has 1 heterocycles. The Morgan fingerprint density at radius 2 is 1.95 bits per heavy atom. The van der Waals surface area contributed by atoms with E-state index in [9.17, 15) is 13.2 Å². The zero-order valence-corrected chi connectivity index (χ0v) is 12.8. The van der Waals surface area contributed by atoms with Gasteiger partial charge in [-0.05, 0) is 11.5 Å². The van der Waals surface area contributed by atoms with Crippen LogP contribution in [0.15, 0.2) is 24.3 Å². The SMILES string of the molecule is CC(C)NCc1sc2ccccc2c1COCC(F)(F)F. The minimum Gasteiger partial charge on any atom is -0.367 e. The number of hydrogen-bond donors (Lipinski definition) is 1. The highest BCUT2D eigenvalue weighted by atomic mass is 32.1. The fourth-order valence-corrected chi connectivity index (χ4v) is 3.18. The van der Waals surface area contributed by atoms with E-state index >= 15 is 0 Å². The molecule has 6 heteroatoms. The van der Waals surface area contributed by atoms with Gasteiger partial charge in [0, 0.05) is 27.7 Å². The fraction of sp³-hybridized carbons (Fsp3) is 0.467. The van der Waals surface area contributed by atoms with Gasteiger partial charge in [-0.2, -0.15) is 13.2 Å². The van der Waals surface area contributed by atoms with E-state index in [0.29, 0.717) is 12.6 Å². The zero-order valence-electron chi connectivity index (χ0n) is 12.0. The van der Waals surface area contributed by atoms with E-state index in [1.165, 1.54) is 0 Å². The standard InChI is InChI=1S/C15H18F3NOS/c1-10(2)19-7-14-12(8-20-9-15(16,17)18)11-5-3-4-6-13(11)21-14/h3-6,10,19H,7-9H2,1-2H3. The largest absolute Gasteiger partial charge is 0.411 e. The summed E-state index contributed by atoms with van der Waals surface area (Å²) in [5.41, 5.74) is 0.855. The minimum atomic E-state index is -4.29. The normalized spacial score (nSPS) is 12.5. The quantitative estimate of drug-likeness (QED) is 0.848. The molecule has 0 radical (unpaired) electrons. The Morgan fingerprint density at radius 1 is 1.24 bits per heavy atom. The van der Waals surface area contributed by atoms with Crippen LogP contribution < -0.4 is 5.32 Å². The van der Waals surface area contributed by atoms with Crippen LogP contribution in [-0.4, -0.2) is 18.8 Å². The predicted molar refractivity (Wildman–Crippen MR) is 79.5 cm³/mol. The Kier molecular flexibility index (Phi) is 5.24. The lowest BCUT2D eigenvalue weighted by Gasteiger charge is -2.11. The molecule has 0 aliphatic carbocycles. The number of rotatable bonds is 6. The number of hydrogen-bond acceptors (Lipinski definition) is 3. The first-order chi connectivity index (χ1) is 9.87. The van der Waals surface area contributed by atoms with Crippen molar-refractivity contribution in [3.8, 4) is 0 Å². The van der Waals surface area contributed by atoms with Crippen molar-refractivity contribution >= 4 is 21.4 Å². The summed E-state index contributed by atoms with van der Waals surface area (Å²) >= 11 is 1.60. The molecule has 0 bridgehead atoms. The maximum absolute atomic E-state index is 12.2. The summed E-state index contributed by atoms with van der Waals surface area (Å²) in [5, 5.41) is 4.28. The van der Waals surface area contributed by atoms with Gasteiger partial charge in [-0.25, -0.2) is 0 Å². The van der Waals surface area contributed by atoms with E-state index in [2.05, 4.69) is 5.32 Å². The first-order valence-corrected chi connectivity index (χ1v) is 7.55. The van der Waals surface area contributed by atoms with Gasteiger partial charge in [-0.15, -0.1) is 11.3 Å². The van der Waals surface area contributed by atoms with Crippen LogP contribution in [0.25, 0.3) is 10.1 Å². The van der Waals surface area contributed by atoms with Crippen LogP contribution in [0.3, 0.4) is 0 Å². The zero-order chi connectivity index (χ0) is 15.5. The highest BCUT2D eigenvalue weighted by molar-refractivity contribution is 7.19. The molecule has 2 rings (SSSR count). The van der Waals surface area contributed by atoms with Crippen LogP contribution in [-0.2, 0) is 17.9 Å². The third kappa shape index (κ3) is 4.69. The van der Waals surface area contributed by atoms with Gasteiger partial charge in [0.05, 0.1) is 6.61 Å². The summed E-state index contributed by atoms with van der Waals surface area (Å²) in [7, 11) is 0. The monoisotopic (exact) mass is 317 g/mol. The summed E-state index contributed by atoms with van der Waals surface area (Å²) in [6.07, 6.45) is -4.29. The summed E-state index contributed by atoms with van der Waals surface area (Å²) in [6, 6.07) is 8.04. The maximum atomic E-state index is 12.2. The molecule has 0 amide bonds. The lowest BCUT2D eigenvalue weighted by atomic mass is 10.1. The number of benzene rings is 1. The van der Waals surface area contributed by atoms with E-state index in [1.807, 2.05) is 38.1 Å². The lowest BCUT2D eigenvalue weighted by molar-refractivity contribution is -0.176. The molecule has 0 aliphatic rings. The molecule has 0 aliphatic heterocycles. The molecular formula is C15H18F3NOS. The second-order valence-corrected chi connectivity index (χ2v) is 6.28.